The molecule has 2 heterocycles. The fourth-order valence-electron chi connectivity index (χ4n) is 3.21. The molecular weight excluding hydrogens is 340 g/mol. The first-order valence-corrected chi connectivity index (χ1v) is 9.19. The summed E-state index contributed by atoms with van der Waals surface area (Å²) in [4.78, 5) is 4.73. The van der Waals surface area contributed by atoms with E-state index in [1.165, 1.54) is 0 Å². The van der Waals surface area contributed by atoms with Crippen LogP contribution in [0.3, 0.4) is 0 Å². The highest BCUT2D eigenvalue weighted by atomic mass is 16.5. The largest absolute Gasteiger partial charge is 0.385 e. The fraction of sp³-hybridized carbons (Fsp3) is 0.429. The van der Waals surface area contributed by atoms with E-state index in [0.29, 0.717) is 31.0 Å². The topological polar surface area (TPSA) is 79.2 Å². The quantitative estimate of drug-likeness (QED) is 0.721. The Balaban J connectivity index is 2.00. The molecule has 1 aliphatic heterocycles. The summed E-state index contributed by atoms with van der Waals surface area (Å²) in [6, 6.07) is 12.1. The molecule has 2 N–H and O–H groups in total. The van der Waals surface area contributed by atoms with Crippen LogP contribution in [-0.2, 0) is 22.5 Å². The van der Waals surface area contributed by atoms with Gasteiger partial charge in [-0.2, -0.15) is 5.26 Å². The fourth-order valence-corrected chi connectivity index (χ4v) is 3.21. The molecule has 6 nitrogen and oxygen atoms in total. The number of hydrogen-bond donors (Lipinski definition) is 2. The molecule has 0 radical (unpaired) electrons. The van der Waals surface area contributed by atoms with Gasteiger partial charge < -0.3 is 20.1 Å². The Labute approximate surface area is 160 Å². The van der Waals surface area contributed by atoms with Crippen LogP contribution < -0.4 is 10.6 Å². The number of para-hydroxylation sites is 1. The normalized spacial score (nSPS) is 14.9. The molecule has 6 heteroatoms. The van der Waals surface area contributed by atoms with E-state index in [0.717, 1.165) is 35.6 Å². The van der Waals surface area contributed by atoms with Crippen LogP contribution in [-0.4, -0.2) is 30.8 Å². The van der Waals surface area contributed by atoms with Gasteiger partial charge in [0.2, 0.25) is 0 Å². The summed E-state index contributed by atoms with van der Waals surface area (Å²) in [7, 11) is 1.69. The van der Waals surface area contributed by atoms with E-state index < -0.39 is 0 Å². The number of hydrogen-bond acceptors (Lipinski definition) is 6. The number of benzene rings is 1. The predicted octanol–water partition coefficient (Wildman–Crippen LogP) is 4.00. The zero-order valence-electron chi connectivity index (χ0n) is 16.1. The van der Waals surface area contributed by atoms with Gasteiger partial charge in [-0.15, -0.1) is 0 Å². The van der Waals surface area contributed by atoms with Crippen molar-refractivity contribution in [3.05, 3.63) is 47.0 Å². The minimum atomic E-state index is -0.308. The molecule has 0 amide bonds. The average molecular weight is 366 g/mol. The number of fused-ring (bicyclic) bond motifs is 1. The molecule has 1 aromatic heterocycles. The number of nitriles is 1. The maximum atomic E-state index is 9.85. The number of nitrogens with zero attached hydrogens (tertiary/aromatic N) is 2. The third-order valence-corrected chi connectivity index (χ3v) is 4.59. The molecule has 0 saturated carbocycles. The van der Waals surface area contributed by atoms with Crippen molar-refractivity contribution in [1.82, 2.24) is 4.98 Å². The monoisotopic (exact) mass is 366 g/mol. The zero-order chi connectivity index (χ0) is 19.3. The van der Waals surface area contributed by atoms with Crippen molar-refractivity contribution in [2.24, 2.45) is 0 Å². The molecule has 3 rings (SSSR count). The Hall–Kier alpha value is -2.62. The van der Waals surface area contributed by atoms with Crippen LogP contribution in [0.2, 0.25) is 0 Å². The second kappa shape index (κ2) is 8.38. The van der Waals surface area contributed by atoms with Crippen LogP contribution >= 0.6 is 0 Å². The molecule has 0 atom stereocenters. The minimum Gasteiger partial charge on any atom is -0.385 e. The molecular formula is C21H26N4O2. The van der Waals surface area contributed by atoms with Crippen molar-refractivity contribution in [3.8, 4) is 6.07 Å². The van der Waals surface area contributed by atoms with Crippen molar-refractivity contribution >= 4 is 17.3 Å². The Bertz CT molecular complexity index is 828. The van der Waals surface area contributed by atoms with Crippen LogP contribution in [0.1, 0.15) is 37.0 Å². The summed E-state index contributed by atoms with van der Waals surface area (Å²) in [6.07, 6.45) is 1.55. The van der Waals surface area contributed by atoms with Crippen LogP contribution in [0.5, 0.6) is 0 Å². The summed E-state index contributed by atoms with van der Waals surface area (Å²) in [5.74, 6) is 1.35. The Morgan fingerprint density at radius 3 is 2.70 bits per heavy atom. The zero-order valence-corrected chi connectivity index (χ0v) is 16.1. The number of ether oxygens (including phenoxy) is 2. The van der Waals surface area contributed by atoms with Gasteiger partial charge in [-0.3, -0.25) is 0 Å². The molecule has 142 valence electrons. The highest BCUT2D eigenvalue weighted by Gasteiger charge is 2.31. The maximum absolute atomic E-state index is 9.85. The molecule has 0 fully saturated rings. The Morgan fingerprint density at radius 1 is 1.22 bits per heavy atom. The maximum Gasteiger partial charge on any atom is 0.151 e. The molecule has 1 aromatic carbocycles. The molecule has 2 aromatic rings. The highest BCUT2D eigenvalue weighted by molar-refractivity contribution is 5.70. The van der Waals surface area contributed by atoms with Gasteiger partial charge >= 0.3 is 0 Å². The van der Waals surface area contributed by atoms with E-state index in [4.69, 9.17) is 14.5 Å². The summed E-state index contributed by atoms with van der Waals surface area (Å²) in [5.41, 5.74) is 3.17. The lowest BCUT2D eigenvalue weighted by Gasteiger charge is -2.33. The highest BCUT2D eigenvalue weighted by Crippen LogP contribution is 2.36. The van der Waals surface area contributed by atoms with Gasteiger partial charge in [0.15, 0.2) is 5.82 Å². The molecule has 0 bridgehead atoms. The first-order valence-electron chi connectivity index (χ1n) is 9.19. The van der Waals surface area contributed by atoms with Gasteiger partial charge in [-0.05, 0) is 38.0 Å². The van der Waals surface area contributed by atoms with Gasteiger partial charge in [0, 0.05) is 37.9 Å². The summed E-state index contributed by atoms with van der Waals surface area (Å²) >= 11 is 0. The van der Waals surface area contributed by atoms with Crippen LogP contribution in [0.4, 0.5) is 17.3 Å². The number of anilines is 3. The summed E-state index contributed by atoms with van der Waals surface area (Å²) in [6.45, 7) is 5.97. The number of methoxy groups -OCH3 is 1. The first kappa shape index (κ1) is 19.2. The number of aromatic nitrogens is 1. The number of rotatable bonds is 7. The van der Waals surface area contributed by atoms with Gasteiger partial charge in [-0.25, -0.2) is 4.98 Å². The van der Waals surface area contributed by atoms with Crippen LogP contribution in [0.25, 0.3) is 0 Å². The SMILES string of the molecule is COCCCNc1nc(Nc2ccccc2)c(C#N)c2c1COC(C)(C)C2. The molecule has 27 heavy (non-hydrogen) atoms. The van der Waals surface area contributed by atoms with Crippen molar-refractivity contribution < 1.29 is 9.47 Å². The minimum absolute atomic E-state index is 0.308. The molecule has 0 saturated heterocycles. The van der Waals surface area contributed by atoms with Crippen molar-refractivity contribution in [1.29, 1.82) is 5.26 Å². The number of pyridine rings is 1. The third-order valence-electron chi connectivity index (χ3n) is 4.59. The predicted molar refractivity (Wildman–Crippen MR) is 106 cm³/mol. The third kappa shape index (κ3) is 4.57. The molecule has 0 unspecified atom stereocenters. The van der Waals surface area contributed by atoms with Gasteiger partial charge in [0.25, 0.3) is 0 Å². The molecule has 0 spiro atoms. The van der Waals surface area contributed by atoms with Gasteiger partial charge in [-0.1, -0.05) is 18.2 Å². The molecule has 1 aliphatic rings. The second-order valence-electron chi connectivity index (χ2n) is 7.24. The standard InChI is InChI=1S/C21H26N4O2/c1-21(2)12-16-17(13-22)20(24-15-8-5-4-6-9-15)25-19(18(16)14-27-21)23-10-7-11-26-3/h4-6,8-9H,7,10-12,14H2,1-3H3,(H2,23,24,25). The van der Waals surface area contributed by atoms with Crippen molar-refractivity contribution in [3.63, 3.8) is 0 Å². The van der Waals surface area contributed by atoms with Crippen LogP contribution in [0.15, 0.2) is 30.3 Å². The lowest BCUT2D eigenvalue weighted by molar-refractivity contribution is -0.0399. The van der Waals surface area contributed by atoms with Crippen molar-refractivity contribution in [2.75, 3.05) is 30.9 Å². The Morgan fingerprint density at radius 2 is 2.00 bits per heavy atom. The van der Waals surface area contributed by atoms with Crippen LogP contribution in [0, 0.1) is 11.3 Å². The van der Waals surface area contributed by atoms with E-state index in [-0.39, 0.29) is 5.60 Å². The lowest BCUT2D eigenvalue weighted by Crippen LogP contribution is -2.33. The Kier molecular flexibility index (Phi) is 5.94. The average Bonchev–Trinajstić information content (AvgIpc) is 2.65. The second-order valence-corrected chi connectivity index (χ2v) is 7.24. The van der Waals surface area contributed by atoms with Gasteiger partial charge in [0.1, 0.15) is 11.9 Å². The smallest absolute Gasteiger partial charge is 0.151 e. The van der Waals surface area contributed by atoms with E-state index in [1.807, 2.05) is 44.2 Å². The van der Waals surface area contributed by atoms with E-state index in [2.05, 4.69) is 16.7 Å². The van der Waals surface area contributed by atoms with E-state index in [1.54, 1.807) is 7.11 Å². The lowest BCUT2D eigenvalue weighted by atomic mass is 9.89. The first-order chi connectivity index (χ1) is 13.0. The summed E-state index contributed by atoms with van der Waals surface area (Å²) in [5, 5.41) is 16.5. The van der Waals surface area contributed by atoms with E-state index in [9.17, 15) is 5.26 Å². The summed E-state index contributed by atoms with van der Waals surface area (Å²) < 4.78 is 11.1. The van der Waals surface area contributed by atoms with Gasteiger partial charge in [0.05, 0.1) is 17.8 Å². The van der Waals surface area contributed by atoms with Crippen molar-refractivity contribution in [2.45, 2.75) is 38.9 Å². The van der Waals surface area contributed by atoms with E-state index >= 15 is 0 Å². The molecule has 0 aliphatic carbocycles. The number of nitrogens with one attached hydrogen (secondary N) is 2.